The molecular weight excluding hydrogens is 673 g/mol. The monoisotopic (exact) mass is 752 g/mol. The lowest BCUT2D eigenvalue weighted by molar-refractivity contribution is -0.480. The number of nitrogens with zero attached hydrogens (tertiary/aromatic N) is 1. The highest BCUT2D eigenvalue weighted by atomic mass is 16.5. The Balaban J connectivity index is 1.66. The number of carbonyl (C=O) groups is 3. The van der Waals surface area contributed by atoms with Crippen LogP contribution in [0.3, 0.4) is 0 Å². The first-order chi connectivity index (χ1) is 24.9. The summed E-state index contributed by atoms with van der Waals surface area (Å²) in [5.74, 6) is 0.356. The summed E-state index contributed by atoms with van der Waals surface area (Å²) < 4.78 is 8.47. The van der Waals surface area contributed by atoms with Crippen LogP contribution in [0, 0.1) is 50.2 Å². The highest BCUT2D eigenvalue weighted by Crippen LogP contribution is 2.68. The summed E-state index contributed by atoms with van der Waals surface area (Å²) in [6, 6.07) is 0. The molecule has 7 heteroatoms. The number of rotatable bonds is 16. The van der Waals surface area contributed by atoms with Crippen molar-refractivity contribution in [3.8, 4) is 0 Å². The van der Waals surface area contributed by atoms with E-state index in [0.717, 1.165) is 57.2 Å². The number of ether oxygens (including phenoxy) is 1. The van der Waals surface area contributed by atoms with Gasteiger partial charge < -0.3 is 15.2 Å². The van der Waals surface area contributed by atoms with Gasteiger partial charge in [0, 0.05) is 0 Å². The first-order valence-corrected chi connectivity index (χ1v) is 21.6. The fourth-order valence-electron chi connectivity index (χ4n) is 12.2. The summed E-state index contributed by atoms with van der Waals surface area (Å²) in [5, 5.41) is 13.0. The van der Waals surface area contributed by atoms with Crippen LogP contribution in [-0.2, 0) is 19.1 Å². The van der Waals surface area contributed by atoms with Crippen LogP contribution < -0.4 is 5.32 Å². The number of allylic oxidation sites excluding steroid dienone is 3. The molecular formula is C47H79N2O5+. The van der Waals surface area contributed by atoms with E-state index in [1.165, 1.54) is 49.8 Å². The maximum atomic E-state index is 13.5. The maximum Gasteiger partial charge on any atom is 0.309 e. The van der Waals surface area contributed by atoms with Crippen LogP contribution in [0.15, 0.2) is 22.4 Å². The first-order valence-electron chi connectivity index (χ1n) is 21.6. The van der Waals surface area contributed by atoms with Gasteiger partial charge in [-0.3, -0.25) is 14.4 Å². The van der Waals surface area contributed by atoms with Gasteiger partial charge in [-0.25, -0.2) is 0 Å². The van der Waals surface area contributed by atoms with Crippen molar-refractivity contribution in [2.45, 2.75) is 180 Å². The van der Waals surface area contributed by atoms with Crippen LogP contribution in [0.1, 0.15) is 173 Å². The molecule has 0 aromatic rings. The van der Waals surface area contributed by atoms with Crippen molar-refractivity contribution in [3.63, 3.8) is 0 Å². The van der Waals surface area contributed by atoms with Crippen LogP contribution in [0.25, 0.3) is 0 Å². The zero-order valence-electron chi connectivity index (χ0n) is 37.0. The molecule has 0 bridgehead atoms. The van der Waals surface area contributed by atoms with Crippen LogP contribution in [0.2, 0.25) is 0 Å². The topological polar surface area (TPSA) is 95.7 Å². The van der Waals surface area contributed by atoms with Gasteiger partial charge in [0.15, 0.2) is 12.2 Å². The van der Waals surface area contributed by atoms with E-state index in [1.807, 2.05) is 13.3 Å². The Hall–Kier alpha value is -2.28. The molecule has 306 valence electrons. The third-order valence-corrected chi connectivity index (χ3v) is 15.8. The lowest BCUT2D eigenvalue weighted by Gasteiger charge is -2.63. The summed E-state index contributed by atoms with van der Waals surface area (Å²) in [4.78, 5) is 38.4. The van der Waals surface area contributed by atoms with Crippen LogP contribution in [-0.4, -0.2) is 59.9 Å². The van der Waals surface area contributed by atoms with E-state index < -0.39 is 17.4 Å². The minimum absolute atomic E-state index is 0.125. The van der Waals surface area contributed by atoms with Crippen molar-refractivity contribution in [2.75, 3.05) is 20.1 Å². The lowest BCUT2D eigenvalue weighted by atomic mass is 9.41. The van der Waals surface area contributed by atoms with E-state index in [9.17, 15) is 19.5 Å². The van der Waals surface area contributed by atoms with Crippen molar-refractivity contribution in [1.29, 1.82) is 0 Å². The minimum atomic E-state index is -1.16. The number of carboxylic acid groups (broad SMARTS) is 1. The van der Waals surface area contributed by atoms with E-state index >= 15 is 0 Å². The molecule has 0 aromatic heterocycles. The summed E-state index contributed by atoms with van der Waals surface area (Å²) in [5.41, 5.74) is 4.26. The van der Waals surface area contributed by atoms with Gasteiger partial charge in [0.25, 0.3) is 5.78 Å². The molecule has 0 amide bonds. The van der Waals surface area contributed by atoms with Gasteiger partial charge in [-0.05, 0) is 138 Å². The zero-order chi connectivity index (χ0) is 40.7. The molecule has 0 radical (unpaired) electrons. The normalized spacial score (nSPS) is 32.6. The van der Waals surface area contributed by atoms with Gasteiger partial charge in [0.05, 0.1) is 29.4 Å². The van der Waals surface area contributed by atoms with Crippen molar-refractivity contribution >= 4 is 23.9 Å². The largest absolute Gasteiger partial charge is 0.481 e. The van der Waals surface area contributed by atoms with Gasteiger partial charge >= 0.3 is 11.9 Å². The van der Waals surface area contributed by atoms with Crippen molar-refractivity contribution in [2.24, 2.45) is 50.2 Å². The number of ketones is 1. The van der Waals surface area contributed by atoms with Crippen LogP contribution >= 0.6 is 0 Å². The number of fused-ring (bicyclic) bond motifs is 1. The van der Waals surface area contributed by atoms with Gasteiger partial charge in [-0.15, -0.1) is 0 Å². The SMILES string of the molecule is CCC1CC(CCC2(C)CCCC3C(C)(CCC(OC(=O)CC(C)(C)C(=O)O)C(C)(C)C)CCCC32C)(C2=C(C)C(=O)C=[N+]2CCNC)C(C)=C1C(C)C. The molecule has 7 nitrogen and oxygen atoms in total. The average molecular weight is 752 g/mol. The molecule has 54 heavy (non-hydrogen) atoms. The average Bonchev–Trinajstić information content (AvgIpc) is 3.52. The van der Waals surface area contributed by atoms with E-state index in [-0.39, 0.29) is 45.4 Å². The number of aliphatic carboxylic acids is 1. The number of hydrogen-bond acceptors (Lipinski definition) is 5. The number of Topliss-reactive ketones (excluding diaryl/α,β-unsaturated/α-hetero) is 1. The maximum absolute atomic E-state index is 13.5. The number of nitrogens with one attached hydrogen (secondary N) is 1. The van der Waals surface area contributed by atoms with E-state index in [1.54, 1.807) is 19.4 Å². The van der Waals surface area contributed by atoms with Gasteiger partial charge in [-0.2, -0.15) is 4.58 Å². The van der Waals surface area contributed by atoms with Crippen molar-refractivity contribution < 1.29 is 28.8 Å². The molecule has 2 N–H and O–H groups in total. The summed E-state index contributed by atoms with van der Waals surface area (Å²) in [6.45, 7) is 30.5. The third kappa shape index (κ3) is 8.37. The van der Waals surface area contributed by atoms with Crippen molar-refractivity contribution in [3.05, 3.63) is 22.4 Å². The first kappa shape index (κ1) is 44.4. The van der Waals surface area contributed by atoms with E-state index in [4.69, 9.17) is 4.74 Å². The molecule has 0 spiro atoms. The molecule has 7 unspecified atom stereocenters. The Morgan fingerprint density at radius 3 is 2.24 bits per heavy atom. The lowest BCUT2D eigenvalue weighted by Crippen LogP contribution is -2.55. The van der Waals surface area contributed by atoms with Crippen LogP contribution in [0.5, 0.6) is 0 Å². The van der Waals surface area contributed by atoms with Crippen LogP contribution in [0.4, 0.5) is 0 Å². The second kappa shape index (κ2) is 16.3. The summed E-state index contributed by atoms with van der Waals surface area (Å²) >= 11 is 0. The van der Waals surface area contributed by atoms with E-state index in [0.29, 0.717) is 17.8 Å². The molecule has 2 saturated carbocycles. The van der Waals surface area contributed by atoms with Gasteiger partial charge in [0.2, 0.25) is 6.21 Å². The smallest absolute Gasteiger partial charge is 0.309 e. The number of esters is 1. The van der Waals surface area contributed by atoms with Gasteiger partial charge in [-0.1, -0.05) is 86.3 Å². The Labute approximate surface area is 329 Å². The molecule has 2 fully saturated rings. The second-order valence-corrected chi connectivity index (χ2v) is 21.1. The molecule has 4 aliphatic rings. The second-order valence-electron chi connectivity index (χ2n) is 21.1. The van der Waals surface area contributed by atoms with E-state index in [2.05, 4.69) is 86.1 Å². The molecule has 4 rings (SSSR count). The number of carbonyl (C=O) groups excluding carboxylic acids is 2. The Morgan fingerprint density at radius 1 is 1.02 bits per heavy atom. The molecule has 7 atom stereocenters. The Kier molecular flexibility index (Phi) is 13.4. The molecule has 3 aliphatic carbocycles. The molecule has 0 aromatic carbocycles. The summed E-state index contributed by atoms with van der Waals surface area (Å²) in [7, 11) is 1.99. The number of likely N-dealkylation sites (N-methyl/N-ethyl adjacent to an activating group) is 1. The quantitative estimate of drug-likeness (QED) is 0.0926. The Bertz CT molecular complexity index is 1530. The highest BCUT2D eigenvalue weighted by molar-refractivity contribution is 6.34. The standard InChI is InChI=1S/C47H78N2O5/c1-15-34-28-47(33(5)39(34)31(2)3,40-32(4)35(50)30-49(40)27-26-48-14)25-24-45(12)21-16-18-36-44(11,20-17-22-46(36,45)13)23-19-37(42(6,7)8)54-38(51)29-43(9,10)41(52)53/h30-31,34,36-37,48H,15-29H2,1-14H3/p+1. The van der Waals surface area contributed by atoms with Gasteiger partial charge in [0.1, 0.15) is 6.10 Å². The molecule has 0 saturated heterocycles. The number of carboxylic acids is 1. The predicted octanol–water partition coefficient (Wildman–Crippen LogP) is 10.6. The fourth-order valence-corrected chi connectivity index (χ4v) is 12.2. The fraction of sp³-hybridized carbons (Fsp3) is 0.830. The van der Waals surface area contributed by atoms with Crippen molar-refractivity contribution in [1.82, 2.24) is 5.32 Å². The Morgan fingerprint density at radius 2 is 1.69 bits per heavy atom. The molecule has 1 heterocycles. The highest BCUT2D eigenvalue weighted by Gasteiger charge is 2.60. The summed E-state index contributed by atoms with van der Waals surface area (Å²) in [6.07, 6.45) is 15.0. The minimum Gasteiger partial charge on any atom is -0.481 e. The third-order valence-electron chi connectivity index (χ3n) is 15.8. The predicted molar refractivity (Wildman–Crippen MR) is 221 cm³/mol. The number of hydrogen-bond donors (Lipinski definition) is 2. The zero-order valence-corrected chi connectivity index (χ0v) is 37.0. The molecule has 1 aliphatic heterocycles.